The molecule has 0 radical (unpaired) electrons. The van der Waals surface area contributed by atoms with Crippen molar-refractivity contribution in [1.29, 1.82) is 0 Å². The molecule has 0 spiro atoms. The Morgan fingerprint density at radius 1 is 1.48 bits per heavy atom. The number of piperidine rings is 1. The number of methoxy groups -OCH3 is 1. The van der Waals surface area contributed by atoms with Crippen LogP contribution in [-0.4, -0.2) is 51.9 Å². The molecule has 0 aromatic heterocycles. The maximum absolute atomic E-state index is 12.8. The minimum atomic E-state index is -3.71. The van der Waals surface area contributed by atoms with E-state index in [1.807, 2.05) is 0 Å². The van der Waals surface area contributed by atoms with Crippen LogP contribution in [0.5, 0.6) is 5.75 Å². The van der Waals surface area contributed by atoms with Gasteiger partial charge in [-0.1, -0.05) is 11.6 Å². The summed E-state index contributed by atoms with van der Waals surface area (Å²) in [7, 11) is -2.24. The Balaban J connectivity index is 0.00000312. The van der Waals surface area contributed by atoms with E-state index in [2.05, 4.69) is 5.32 Å². The fourth-order valence-electron chi connectivity index (χ4n) is 2.67. The van der Waals surface area contributed by atoms with Gasteiger partial charge in [0.25, 0.3) is 0 Å². The molecule has 1 amide bonds. The predicted molar refractivity (Wildman–Crippen MR) is 98.8 cm³/mol. The molecule has 1 unspecified atom stereocenters. The number of rotatable bonds is 6. The third kappa shape index (κ3) is 5.21. The number of sulfonamides is 1. The minimum Gasteiger partial charge on any atom is -0.495 e. The van der Waals surface area contributed by atoms with Gasteiger partial charge in [-0.15, -0.1) is 12.4 Å². The molecule has 1 aromatic rings. The molecule has 1 aliphatic heterocycles. The number of ether oxygens (including phenoxy) is 1. The SMILES string of the molecule is COc1ccc(S(=O)(=O)N2CCCC(C(=O)NCCN)C2)cc1Cl.Cl. The summed E-state index contributed by atoms with van der Waals surface area (Å²) >= 11 is 6.03. The lowest BCUT2D eigenvalue weighted by atomic mass is 9.99. The second kappa shape index (κ2) is 9.59. The standard InChI is InChI=1S/C15H22ClN3O4S.ClH/c1-23-14-5-4-12(9-13(14)16)24(21,22)19-8-2-3-11(10-19)15(20)18-7-6-17;/h4-5,9,11H,2-3,6-8,10,17H2,1H3,(H,18,20);1H. The van der Waals surface area contributed by atoms with Gasteiger partial charge in [-0.2, -0.15) is 4.31 Å². The molecule has 0 bridgehead atoms. The van der Waals surface area contributed by atoms with Crippen LogP contribution in [0.25, 0.3) is 0 Å². The van der Waals surface area contributed by atoms with E-state index in [9.17, 15) is 13.2 Å². The maximum Gasteiger partial charge on any atom is 0.243 e. The molecule has 1 aliphatic rings. The third-order valence-corrected chi connectivity index (χ3v) is 6.12. The van der Waals surface area contributed by atoms with Crippen LogP contribution in [0.2, 0.25) is 5.02 Å². The molecule has 142 valence electrons. The summed E-state index contributed by atoms with van der Waals surface area (Å²) in [5, 5.41) is 2.94. The molecule has 7 nitrogen and oxygen atoms in total. The van der Waals surface area contributed by atoms with Crippen molar-refractivity contribution in [2.45, 2.75) is 17.7 Å². The van der Waals surface area contributed by atoms with Crippen LogP contribution in [0.1, 0.15) is 12.8 Å². The molecule has 1 saturated heterocycles. The lowest BCUT2D eigenvalue weighted by Crippen LogP contribution is -2.46. The molecule has 1 heterocycles. The van der Waals surface area contributed by atoms with Gasteiger partial charge in [0.2, 0.25) is 15.9 Å². The summed E-state index contributed by atoms with van der Waals surface area (Å²) in [6.45, 7) is 1.27. The molecule has 1 atom stereocenters. The minimum absolute atomic E-state index is 0. The molecule has 0 aliphatic carbocycles. The van der Waals surface area contributed by atoms with Gasteiger partial charge in [0.15, 0.2) is 0 Å². The molecule has 2 rings (SSSR count). The Morgan fingerprint density at radius 3 is 2.80 bits per heavy atom. The van der Waals surface area contributed by atoms with Crippen molar-refractivity contribution in [2.24, 2.45) is 11.7 Å². The molecular weight excluding hydrogens is 389 g/mol. The van der Waals surface area contributed by atoms with E-state index in [4.69, 9.17) is 22.1 Å². The first-order chi connectivity index (χ1) is 11.4. The van der Waals surface area contributed by atoms with Crippen molar-refractivity contribution < 1.29 is 17.9 Å². The van der Waals surface area contributed by atoms with Crippen LogP contribution in [0.3, 0.4) is 0 Å². The second-order valence-corrected chi connectivity index (χ2v) is 7.92. The van der Waals surface area contributed by atoms with Crippen molar-refractivity contribution in [3.8, 4) is 5.75 Å². The normalized spacial score (nSPS) is 18.3. The first kappa shape index (κ1) is 22.0. The van der Waals surface area contributed by atoms with Gasteiger partial charge in [0.05, 0.1) is 22.9 Å². The first-order valence-electron chi connectivity index (χ1n) is 7.71. The highest BCUT2D eigenvalue weighted by molar-refractivity contribution is 7.89. The Hall–Kier alpha value is -1.06. The van der Waals surface area contributed by atoms with E-state index in [0.29, 0.717) is 38.2 Å². The Kier molecular flexibility index (Phi) is 8.43. The Morgan fingerprint density at radius 2 is 2.20 bits per heavy atom. The summed E-state index contributed by atoms with van der Waals surface area (Å²) in [5.41, 5.74) is 5.37. The fourth-order valence-corrected chi connectivity index (χ4v) is 4.54. The van der Waals surface area contributed by atoms with Gasteiger partial charge in [-0.3, -0.25) is 4.79 Å². The fraction of sp³-hybridized carbons (Fsp3) is 0.533. The van der Waals surface area contributed by atoms with Crippen LogP contribution < -0.4 is 15.8 Å². The van der Waals surface area contributed by atoms with Gasteiger partial charge in [0.1, 0.15) is 5.75 Å². The zero-order valence-electron chi connectivity index (χ0n) is 13.9. The average Bonchev–Trinajstić information content (AvgIpc) is 2.59. The number of hydrogen-bond donors (Lipinski definition) is 2. The quantitative estimate of drug-likeness (QED) is 0.732. The number of nitrogens with one attached hydrogen (secondary N) is 1. The van der Waals surface area contributed by atoms with Crippen LogP contribution in [0.15, 0.2) is 23.1 Å². The molecule has 25 heavy (non-hydrogen) atoms. The van der Waals surface area contributed by atoms with Crippen molar-refractivity contribution in [3.05, 3.63) is 23.2 Å². The number of hydrogen-bond acceptors (Lipinski definition) is 5. The number of benzene rings is 1. The van der Waals surface area contributed by atoms with Gasteiger partial charge < -0.3 is 15.8 Å². The second-order valence-electron chi connectivity index (χ2n) is 5.58. The van der Waals surface area contributed by atoms with E-state index < -0.39 is 10.0 Å². The molecule has 0 saturated carbocycles. The zero-order chi connectivity index (χ0) is 17.7. The van der Waals surface area contributed by atoms with Gasteiger partial charge >= 0.3 is 0 Å². The van der Waals surface area contributed by atoms with E-state index in [-0.39, 0.29) is 40.7 Å². The average molecular weight is 412 g/mol. The van der Waals surface area contributed by atoms with Crippen molar-refractivity contribution in [3.63, 3.8) is 0 Å². The molecular formula is C15H23Cl2N3O4S. The van der Waals surface area contributed by atoms with Crippen molar-refractivity contribution in [2.75, 3.05) is 33.3 Å². The van der Waals surface area contributed by atoms with E-state index in [0.717, 1.165) is 0 Å². The number of nitrogens with two attached hydrogens (primary N) is 1. The highest BCUT2D eigenvalue weighted by Crippen LogP contribution is 2.30. The largest absolute Gasteiger partial charge is 0.495 e. The lowest BCUT2D eigenvalue weighted by molar-refractivity contribution is -0.126. The van der Waals surface area contributed by atoms with Crippen LogP contribution in [0, 0.1) is 5.92 Å². The topological polar surface area (TPSA) is 102 Å². The monoisotopic (exact) mass is 411 g/mol. The van der Waals surface area contributed by atoms with E-state index in [1.54, 1.807) is 0 Å². The van der Waals surface area contributed by atoms with E-state index in [1.165, 1.54) is 29.6 Å². The van der Waals surface area contributed by atoms with Gasteiger partial charge in [-0.25, -0.2) is 8.42 Å². The number of amides is 1. The van der Waals surface area contributed by atoms with E-state index >= 15 is 0 Å². The third-order valence-electron chi connectivity index (χ3n) is 3.96. The van der Waals surface area contributed by atoms with Crippen molar-refractivity contribution >= 4 is 39.9 Å². The number of nitrogens with zero attached hydrogens (tertiary/aromatic N) is 1. The molecule has 10 heteroatoms. The van der Waals surface area contributed by atoms with Crippen LogP contribution in [-0.2, 0) is 14.8 Å². The van der Waals surface area contributed by atoms with Crippen LogP contribution in [0.4, 0.5) is 0 Å². The highest BCUT2D eigenvalue weighted by Gasteiger charge is 2.33. The summed E-state index contributed by atoms with van der Waals surface area (Å²) in [6.07, 6.45) is 1.29. The molecule has 1 aromatic carbocycles. The number of carbonyl (C=O) groups is 1. The lowest BCUT2D eigenvalue weighted by Gasteiger charge is -2.31. The van der Waals surface area contributed by atoms with Gasteiger partial charge in [0, 0.05) is 26.2 Å². The van der Waals surface area contributed by atoms with Crippen LogP contribution >= 0.6 is 24.0 Å². The summed E-state index contributed by atoms with van der Waals surface area (Å²) in [5.74, 6) is -0.116. The maximum atomic E-state index is 12.8. The molecule has 3 N–H and O–H groups in total. The van der Waals surface area contributed by atoms with Crippen molar-refractivity contribution in [1.82, 2.24) is 9.62 Å². The summed E-state index contributed by atoms with van der Waals surface area (Å²) in [6, 6.07) is 4.34. The number of carbonyl (C=O) groups excluding carboxylic acids is 1. The summed E-state index contributed by atoms with van der Waals surface area (Å²) in [4.78, 5) is 12.2. The Labute approximate surface area is 159 Å². The predicted octanol–water partition coefficient (Wildman–Crippen LogP) is 1.25. The van der Waals surface area contributed by atoms with Gasteiger partial charge in [-0.05, 0) is 31.0 Å². The highest BCUT2D eigenvalue weighted by atomic mass is 35.5. The smallest absolute Gasteiger partial charge is 0.243 e. The zero-order valence-corrected chi connectivity index (χ0v) is 16.3. The molecule has 1 fully saturated rings. The first-order valence-corrected chi connectivity index (χ1v) is 9.53. The number of halogens is 2. The Bertz CT molecular complexity index is 700. The summed E-state index contributed by atoms with van der Waals surface area (Å²) < 4.78 is 32.0.